The number of anilines is 3. The van der Waals surface area contributed by atoms with Crippen molar-refractivity contribution in [1.82, 2.24) is 15.2 Å². The topological polar surface area (TPSA) is 72.0 Å². The highest BCUT2D eigenvalue weighted by Gasteiger charge is 2.30. The van der Waals surface area contributed by atoms with E-state index in [-0.39, 0.29) is 11.6 Å². The summed E-state index contributed by atoms with van der Waals surface area (Å²) in [6.45, 7) is 1.25. The largest absolute Gasteiger partial charge is 0.416 e. The summed E-state index contributed by atoms with van der Waals surface area (Å²) in [6.07, 6.45) is -2.18. The van der Waals surface area contributed by atoms with E-state index in [9.17, 15) is 13.2 Å². The van der Waals surface area contributed by atoms with Crippen molar-refractivity contribution in [3.63, 3.8) is 0 Å². The Bertz CT molecular complexity index is 636. The molecule has 6 nitrogen and oxygen atoms in total. The standard InChI is InChI=1S/C14H16F3N5O/c1-23-7-3-6-18-12-9-19-22-13(21-12)20-11-5-2-4-10(8-11)14(15,16)17/h2,4-5,8-9H,3,6-7H2,1H3,(H2,18,20,21,22). The molecule has 2 rings (SSSR count). The van der Waals surface area contributed by atoms with Crippen molar-refractivity contribution >= 4 is 17.5 Å². The molecule has 0 saturated heterocycles. The minimum atomic E-state index is -4.40. The van der Waals surface area contributed by atoms with Gasteiger partial charge >= 0.3 is 6.18 Å². The van der Waals surface area contributed by atoms with Gasteiger partial charge in [-0.1, -0.05) is 6.07 Å². The first-order valence-electron chi connectivity index (χ1n) is 6.86. The summed E-state index contributed by atoms with van der Waals surface area (Å²) in [5.74, 6) is 0.589. The molecule has 2 aromatic rings. The third-order valence-corrected chi connectivity index (χ3v) is 2.84. The molecule has 0 aliphatic carbocycles. The first kappa shape index (κ1) is 16.9. The first-order valence-corrected chi connectivity index (χ1v) is 6.86. The van der Waals surface area contributed by atoms with E-state index in [0.717, 1.165) is 18.6 Å². The summed E-state index contributed by atoms with van der Waals surface area (Å²) >= 11 is 0. The fourth-order valence-corrected chi connectivity index (χ4v) is 1.78. The van der Waals surface area contributed by atoms with Gasteiger partial charge in [0.2, 0.25) is 5.95 Å². The fraction of sp³-hybridized carbons (Fsp3) is 0.357. The van der Waals surface area contributed by atoms with Crippen molar-refractivity contribution in [2.75, 3.05) is 30.9 Å². The highest BCUT2D eigenvalue weighted by Crippen LogP contribution is 2.31. The minimum Gasteiger partial charge on any atom is -0.385 e. The maximum absolute atomic E-state index is 12.7. The number of nitrogens with zero attached hydrogens (tertiary/aromatic N) is 3. The van der Waals surface area contributed by atoms with Crippen LogP contribution < -0.4 is 10.6 Å². The summed E-state index contributed by atoms with van der Waals surface area (Å²) in [5.41, 5.74) is -0.512. The molecule has 0 unspecified atom stereocenters. The van der Waals surface area contributed by atoms with Crippen molar-refractivity contribution in [3.8, 4) is 0 Å². The van der Waals surface area contributed by atoms with Gasteiger partial charge in [-0.25, -0.2) is 0 Å². The van der Waals surface area contributed by atoms with Crippen molar-refractivity contribution in [1.29, 1.82) is 0 Å². The fourth-order valence-electron chi connectivity index (χ4n) is 1.78. The molecular formula is C14H16F3N5O. The van der Waals surface area contributed by atoms with Gasteiger partial charge in [-0.15, -0.1) is 5.10 Å². The zero-order valence-electron chi connectivity index (χ0n) is 12.4. The highest BCUT2D eigenvalue weighted by atomic mass is 19.4. The Morgan fingerprint density at radius 1 is 1.26 bits per heavy atom. The summed E-state index contributed by atoms with van der Waals surface area (Å²) < 4.78 is 43.0. The van der Waals surface area contributed by atoms with Crippen molar-refractivity contribution in [3.05, 3.63) is 36.0 Å². The molecule has 0 aliphatic heterocycles. The molecule has 0 fully saturated rings. The Morgan fingerprint density at radius 2 is 2.09 bits per heavy atom. The number of hydrogen-bond donors (Lipinski definition) is 2. The van der Waals surface area contributed by atoms with Gasteiger partial charge in [0.1, 0.15) is 0 Å². The lowest BCUT2D eigenvalue weighted by Gasteiger charge is -2.10. The number of ether oxygens (including phenoxy) is 1. The molecule has 2 N–H and O–H groups in total. The summed E-state index contributed by atoms with van der Waals surface area (Å²) in [7, 11) is 1.61. The maximum Gasteiger partial charge on any atom is 0.416 e. The number of benzene rings is 1. The molecular weight excluding hydrogens is 311 g/mol. The van der Waals surface area contributed by atoms with E-state index in [1.165, 1.54) is 18.3 Å². The smallest absolute Gasteiger partial charge is 0.385 e. The van der Waals surface area contributed by atoms with Crippen LogP contribution in [0.1, 0.15) is 12.0 Å². The second kappa shape index (κ2) is 7.73. The maximum atomic E-state index is 12.7. The van der Waals surface area contributed by atoms with E-state index in [1.807, 2.05) is 0 Å². The summed E-state index contributed by atoms with van der Waals surface area (Å²) in [5, 5.41) is 13.2. The third-order valence-electron chi connectivity index (χ3n) is 2.84. The molecule has 23 heavy (non-hydrogen) atoms. The number of alkyl halides is 3. The SMILES string of the molecule is COCCCNc1cnnc(Nc2cccc(C(F)(F)F)c2)n1. The number of rotatable bonds is 7. The molecule has 0 amide bonds. The number of halogens is 3. The van der Waals surface area contributed by atoms with Crippen LogP contribution in [0.5, 0.6) is 0 Å². The molecule has 0 bridgehead atoms. The Kier molecular flexibility index (Phi) is 5.69. The Morgan fingerprint density at radius 3 is 2.83 bits per heavy atom. The molecule has 1 aromatic carbocycles. The Hall–Kier alpha value is -2.42. The van der Waals surface area contributed by atoms with E-state index in [2.05, 4.69) is 25.8 Å². The van der Waals surface area contributed by atoms with Crippen LogP contribution in [0.2, 0.25) is 0 Å². The van der Waals surface area contributed by atoms with Gasteiger partial charge in [-0.3, -0.25) is 0 Å². The predicted molar refractivity (Wildman–Crippen MR) is 79.5 cm³/mol. The Labute approximate surface area is 131 Å². The quantitative estimate of drug-likeness (QED) is 0.762. The molecule has 0 saturated carbocycles. The average Bonchev–Trinajstić information content (AvgIpc) is 2.51. The Balaban J connectivity index is 2.03. The first-order chi connectivity index (χ1) is 11.0. The van der Waals surface area contributed by atoms with Crippen LogP contribution in [-0.2, 0) is 10.9 Å². The molecule has 0 radical (unpaired) electrons. The number of nitrogens with one attached hydrogen (secondary N) is 2. The lowest BCUT2D eigenvalue weighted by molar-refractivity contribution is -0.137. The lowest BCUT2D eigenvalue weighted by atomic mass is 10.2. The van der Waals surface area contributed by atoms with Crippen molar-refractivity contribution < 1.29 is 17.9 Å². The van der Waals surface area contributed by atoms with Crippen molar-refractivity contribution in [2.24, 2.45) is 0 Å². The van der Waals surface area contributed by atoms with Gasteiger partial charge < -0.3 is 15.4 Å². The molecule has 1 aromatic heterocycles. The predicted octanol–water partition coefficient (Wildman–Crippen LogP) is 3.08. The molecule has 0 aliphatic rings. The molecule has 1 heterocycles. The van der Waals surface area contributed by atoms with Gasteiger partial charge in [0.25, 0.3) is 0 Å². The van der Waals surface area contributed by atoms with Crippen LogP contribution in [0.3, 0.4) is 0 Å². The normalized spacial score (nSPS) is 11.3. The van der Waals surface area contributed by atoms with Crippen LogP contribution in [0.15, 0.2) is 30.5 Å². The second-order valence-electron chi connectivity index (χ2n) is 4.64. The zero-order chi connectivity index (χ0) is 16.7. The van der Waals surface area contributed by atoms with E-state index in [1.54, 1.807) is 7.11 Å². The van der Waals surface area contributed by atoms with Crippen LogP contribution in [0.4, 0.5) is 30.6 Å². The van der Waals surface area contributed by atoms with E-state index in [4.69, 9.17) is 4.74 Å². The van der Waals surface area contributed by atoms with E-state index in [0.29, 0.717) is 19.0 Å². The highest BCUT2D eigenvalue weighted by molar-refractivity contribution is 5.55. The number of hydrogen-bond acceptors (Lipinski definition) is 6. The van der Waals surface area contributed by atoms with E-state index < -0.39 is 11.7 Å². The molecule has 124 valence electrons. The summed E-state index contributed by atoms with van der Waals surface area (Å²) in [6, 6.07) is 4.79. The van der Waals surface area contributed by atoms with Crippen LogP contribution >= 0.6 is 0 Å². The number of aromatic nitrogens is 3. The summed E-state index contributed by atoms with van der Waals surface area (Å²) in [4.78, 5) is 4.14. The van der Waals surface area contributed by atoms with Gasteiger partial charge in [0.05, 0.1) is 11.8 Å². The van der Waals surface area contributed by atoms with E-state index >= 15 is 0 Å². The second-order valence-corrected chi connectivity index (χ2v) is 4.64. The van der Waals surface area contributed by atoms with Gasteiger partial charge in [-0.2, -0.15) is 23.3 Å². The molecule has 0 spiro atoms. The molecule has 0 atom stereocenters. The molecule has 9 heteroatoms. The zero-order valence-corrected chi connectivity index (χ0v) is 12.4. The lowest BCUT2D eigenvalue weighted by Crippen LogP contribution is -2.09. The minimum absolute atomic E-state index is 0.112. The van der Waals surface area contributed by atoms with Gasteiger partial charge in [-0.05, 0) is 24.6 Å². The van der Waals surface area contributed by atoms with Crippen LogP contribution in [-0.4, -0.2) is 35.4 Å². The number of methoxy groups -OCH3 is 1. The van der Waals surface area contributed by atoms with Gasteiger partial charge in [0.15, 0.2) is 5.82 Å². The van der Waals surface area contributed by atoms with Crippen LogP contribution in [0, 0.1) is 0 Å². The van der Waals surface area contributed by atoms with Gasteiger partial charge in [0, 0.05) is 25.9 Å². The third kappa shape index (κ3) is 5.37. The van der Waals surface area contributed by atoms with Crippen LogP contribution in [0.25, 0.3) is 0 Å². The van der Waals surface area contributed by atoms with Crippen molar-refractivity contribution in [2.45, 2.75) is 12.6 Å². The monoisotopic (exact) mass is 327 g/mol. The average molecular weight is 327 g/mol.